The topological polar surface area (TPSA) is 82.6 Å². The Morgan fingerprint density at radius 3 is 2.20 bits per heavy atom. The highest BCUT2D eigenvalue weighted by Crippen LogP contribution is 2.12. The molecule has 0 radical (unpaired) electrons. The number of guanidine groups is 1. The van der Waals surface area contributed by atoms with Gasteiger partial charge in [0.05, 0.1) is 5.75 Å². The molecule has 0 aromatic heterocycles. The van der Waals surface area contributed by atoms with Gasteiger partial charge in [0.1, 0.15) is 0 Å². The van der Waals surface area contributed by atoms with Crippen molar-refractivity contribution < 1.29 is 8.42 Å². The minimum absolute atomic E-state index is 0. The summed E-state index contributed by atoms with van der Waals surface area (Å²) in [4.78, 5) is 4.18. The molecule has 0 bridgehead atoms. The van der Waals surface area contributed by atoms with Gasteiger partial charge in [0.2, 0.25) is 10.0 Å². The molecule has 25 heavy (non-hydrogen) atoms. The molecule has 0 amide bonds. The molecule has 1 aromatic carbocycles. The minimum atomic E-state index is -3.35. The average molecular weight is 482 g/mol. The van der Waals surface area contributed by atoms with Crippen LogP contribution in [0.5, 0.6) is 0 Å². The number of sulfonamides is 1. The summed E-state index contributed by atoms with van der Waals surface area (Å²) in [5.41, 5.74) is 1.73. The Balaban J connectivity index is 0.00000576. The van der Waals surface area contributed by atoms with Crippen LogP contribution < -0.4 is 15.4 Å². The van der Waals surface area contributed by atoms with E-state index >= 15 is 0 Å². The van der Waals surface area contributed by atoms with Crippen molar-refractivity contribution in [2.24, 2.45) is 10.9 Å². The van der Waals surface area contributed by atoms with Gasteiger partial charge in [-0.25, -0.2) is 13.1 Å². The van der Waals surface area contributed by atoms with Crippen LogP contribution in [0.4, 0.5) is 0 Å². The van der Waals surface area contributed by atoms with E-state index in [0.717, 1.165) is 17.7 Å². The van der Waals surface area contributed by atoms with Crippen molar-refractivity contribution in [1.82, 2.24) is 15.4 Å². The predicted octanol–water partition coefficient (Wildman–Crippen LogP) is 2.45. The Bertz CT molecular complexity index is 646. The summed E-state index contributed by atoms with van der Waals surface area (Å²) >= 11 is 0. The molecule has 3 N–H and O–H groups in total. The van der Waals surface area contributed by atoms with E-state index in [1.165, 1.54) is 0 Å². The van der Waals surface area contributed by atoms with Crippen molar-refractivity contribution in [3.05, 3.63) is 35.4 Å². The molecule has 0 fully saturated rings. The molecule has 144 valence electrons. The van der Waals surface area contributed by atoms with Gasteiger partial charge in [-0.15, -0.1) is 24.0 Å². The second kappa shape index (κ2) is 11.7. The summed E-state index contributed by atoms with van der Waals surface area (Å²) in [6.07, 6.45) is 0. The lowest BCUT2D eigenvalue weighted by Crippen LogP contribution is -2.39. The van der Waals surface area contributed by atoms with Gasteiger partial charge in [-0.3, -0.25) is 4.99 Å². The van der Waals surface area contributed by atoms with Gasteiger partial charge >= 0.3 is 0 Å². The number of nitrogens with zero attached hydrogens (tertiary/aromatic N) is 1. The van der Waals surface area contributed by atoms with Crippen LogP contribution in [0.15, 0.2) is 29.3 Å². The van der Waals surface area contributed by atoms with Crippen molar-refractivity contribution in [1.29, 1.82) is 0 Å². The van der Waals surface area contributed by atoms with Crippen LogP contribution in [0, 0.1) is 5.92 Å². The Labute approximate surface area is 169 Å². The summed E-state index contributed by atoms with van der Waals surface area (Å²) in [6.45, 7) is 9.23. The van der Waals surface area contributed by atoms with Crippen LogP contribution in [0.25, 0.3) is 0 Å². The predicted molar refractivity (Wildman–Crippen MR) is 116 cm³/mol. The molecule has 0 aliphatic carbocycles. The second-order valence-electron chi connectivity index (χ2n) is 6.50. The van der Waals surface area contributed by atoms with Gasteiger partial charge in [-0.2, -0.15) is 0 Å². The fourth-order valence-corrected chi connectivity index (χ4v) is 3.67. The summed E-state index contributed by atoms with van der Waals surface area (Å²) in [6, 6.07) is 7.44. The molecule has 0 heterocycles. The first kappa shape index (κ1) is 24.1. The second-order valence-corrected chi connectivity index (χ2v) is 8.25. The number of halogens is 1. The van der Waals surface area contributed by atoms with Gasteiger partial charge in [0.15, 0.2) is 5.96 Å². The number of aliphatic imine (C=N–C) groups is 1. The van der Waals surface area contributed by atoms with Gasteiger partial charge in [-0.1, -0.05) is 38.1 Å². The molecule has 0 aliphatic heterocycles. The molecular weight excluding hydrogens is 451 g/mol. The Morgan fingerprint density at radius 1 is 1.08 bits per heavy atom. The Hall–Kier alpha value is -0.870. The standard InChI is InChI=1S/C17H30N4O2S.HI/c1-13(2)10-19-17(18-5)20-11-15-8-6-7-9-16(15)12-24(22,23)21-14(3)4;/h6-9,13-14,21H,10-12H2,1-5H3,(H2,18,19,20);1H. The van der Waals surface area contributed by atoms with Gasteiger partial charge < -0.3 is 10.6 Å². The summed E-state index contributed by atoms with van der Waals surface area (Å²) < 4.78 is 27.0. The van der Waals surface area contributed by atoms with Crippen molar-refractivity contribution in [2.75, 3.05) is 13.6 Å². The number of nitrogens with one attached hydrogen (secondary N) is 3. The van der Waals surface area contributed by atoms with Gasteiger partial charge in [0, 0.05) is 26.2 Å². The third-order valence-corrected chi connectivity index (χ3v) is 4.75. The zero-order valence-corrected chi connectivity index (χ0v) is 18.8. The minimum Gasteiger partial charge on any atom is -0.356 e. The van der Waals surface area contributed by atoms with Crippen molar-refractivity contribution in [3.8, 4) is 0 Å². The average Bonchev–Trinajstić information content (AvgIpc) is 2.46. The fraction of sp³-hybridized carbons (Fsp3) is 0.588. The smallest absolute Gasteiger partial charge is 0.216 e. The van der Waals surface area contributed by atoms with Crippen LogP contribution >= 0.6 is 24.0 Å². The van der Waals surface area contributed by atoms with E-state index in [-0.39, 0.29) is 35.8 Å². The largest absolute Gasteiger partial charge is 0.356 e. The molecule has 0 saturated carbocycles. The molecular formula is C17H31IN4O2S. The number of hydrogen-bond donors (Lipinski definition) is 3. The first-order valence-electron chi connectivity index (χ1n) is 8.24. The van der Waals surface area contributed by atoms with Crippen LogP contribution in [0.2, 0.25) is 0 Å². The van der Waals surface area contributed by atoms with Crippen LogP contribution in [0.3, 0.4) is 0 Å². The zero-order chi connectivity index (χ0) is 18.2. The van der Waals surface area contributed by atoms with Crippen molar-refractivity contribution in [3.63, 3.8) is 0 Å². The normalized spacial score (nSPS) is 12.2. The maximum Gasteiger partial charge on any atom is 0.216 e. The van der Waals surface area contributed by atoms with Gasteiger partial charge in [0.25, 0.3) is 0 Å². The molecule has 1 rings (SSSR count). The molecule has 0 atom stereocenters. The van der Waals surface area contributed by atoms with E-state index in [0.29, 0.717) is 18.4 Å². The molecule has 0 spiro atoms. The highest BCUT2D eigenvalue weighted by Gasteiger charge is 2.15. The van der Waals surface area contributed by atoms with Crippen molar-refractivity contribution >= 4 is 40.0 Å². The fourth-order valence-electron chi connectivity index (χ4n) is 2.18. The first-order chi connectivity index (χ1) is 11.2. The molecule has 0 saturated heterocycles. The monoisotopic (exact) mass is 482 g/mol. The van der Waals surface area contributed by atoms with Crippen LogP contribution in [0.1, 0.15) is 38.8 Å². The zero-order valence-electron chi connectivity index (χ0n) is 15.7. The van der Waals surface area contributed by atoms with E-state index in [1.54, 1.807) is 7.05 Å². The SMILES string of the molecule is CN=C(NCc1ccccc1CS(=O)(=O)NC(C)C)NCC(C)C.I. The summed E-state index contributed by atoms with van der Waals surface area (Å²) in [5, 5.41) is 6.47. The van der Waals surface area contributed by atoms with E-state index in [1.807, 2.05) is 38.1 Å². The quantitative estimate of drug-likeness (QED) is 0.302. The van der Waals surface area contributed by atoms with Gasteiger partial charge in [-0.05, 0) is 30.9 Å². The highest BCUT2D eigenvalue weighted by atomic mass is 127. The molecule has 1 aromatic rings. The number of benzene rings is 1. The maximum absolute atomic E-state index is 12.2. The summed E-state index contributed by atoms with van der Waals surface area (Å²) in [7, 11) is -1.62. The van der Waals surface area contributed by atoms with E-state index < -0.39 is 10.0 Å². The van der Waals surface area contributed by atoms with E-state index in [9.17, 15) is 8.42 Å². The van der Waals surface area contributed by atoms with Crippen LogP contribution in [-0.4, -0.2) is 34.0 Å². The number of rotatable bonds is 8. The first-order valence-corrected chi connectivity index (χ1v) is 9.90. The molecule has 0 unspecified atom stereocenters. The molecule has 6 nitrogen and oxygen atoms in total. The lowest BCUT2D eigenvalue weighted by molar-refractivity contribution is 0.568. The molecule has 0 aliphatic rings. The third kappa shape index (κ3) is 10.0. The van der Waals surface area contributed by atoms with Crippen molar-refractivity contribution in [2.45, 2.75) is 46.0 Å². The maximum atomic E-state index is 12.2. The number of hydrogen-bond acceptors (Lipinski definition) is 3. The lowest BCUT2D eigenvalue weighted by Gasteiger charge is -2.16. The van der Waals surface area contributed by atoms with Crippen LogP contribution in [-0.2, 0) is 22.3 Å². The Morgan fingerprint density at radius 2 is 1.68 bits per heavy atom. The summed E-state index contributed by atoms with van der Waals surface area (Å²) in [5.74, 6) is 1.20. The van der Waals surface area contributed by atoms with E-state index in [2.05, 4.69) is 34.2 Å². The van der Waals surface area contributed by atoms with E-state index in [4.69, 9.17) is 0 Å². The highest BCUT2D eigenvalue weighted by molar-refractivity contribution is 14.0. The molecule has 8 heteroatoms. The lowest BCUT2D eigenvalue weighted by atomic mass is 10.1. The third-order valence-electron chi connectivity index (χ3n) is 3.23. The Kier molecular flexibility index (Phi) is 11.3.